The smallest absolute Gasteiger partial charge is 0.244 e. The minimum Gasteiger partial charge on any atom is -0.497 e. The maximum Gasteiger partial charge on any atom is 0.244 e. The highest BCUT2D eigenvalue weighted by atomic mass is 35.5. The molecule has 2 aliphatic rings. The summed E-state index contributed by atoms with van der Waals surface area (Å²) in [7, 11) is 3.49. The SMILES string of the molecule is COc1ccc(OCCCCN(CCOc2ccc(Cl)cc2)C2CCCCC2)c(C2Sc3ccccc3N(C)C2=O)c1. The molecule has 0 aromatic heterocycles. The lowest BCUT2D eigenvalue weighted by Crippen LogP contribution is -2.40. The molecule has 3 aromatic rings. The van der Waals surface area contributed by atoms with Gasteiger partial charge in [-0.3, -0.25) is 9.69 Å². The van der Waals surface area contributed by atoms with Crippen LogP contribution in [0.4, 0.5) is 5.69 Å². The van der Waals surface area contributed by atoms with Crippen molar-refractivity contribution in [1.29, 1.82) is 0 Å². The van der Waals surface area contributed by atoms with Crippen molar-refractivity contribution in [2.24, 2.45) is 0 Å². The highest BCUT2D eigenvalue weighted by molar-refractivity contribution is 8.00. The number of carbonyl (C=O) groups is 1. The van der Waals surface area contributed by atoms with Crippen LogP contribution < -0.4 is 19.1 Å². The Morgan fingerprint density at radius 1 is 0.905 bits per heavy atom. The zero-order valence-electron chi connectivity index (χ0n) is 24.6. The number of halogens is 1. The Kier molecular flexibility index (Phi) is 10.9. The zero-order valence-corrected chi connectivity index (χ0v) is 26.2. The molecule has 1 fully saturated rings. The van der Waals surface area contributed by atoms with Crippen LogP contribution in [0.5, 0.6) is 17.2 Å². The molecule has 1 saturated carbocycles. The molecule has 42 heavy (non-hydrogen) atoms. The van der Waals surface area contributed by atoms with Gasteiger partial charge >= 0.3 is 0 Å². The molecular formula is C34H41ClN2O4S. The van der Waals surface area contributed by atoms with Gasteiger partial charge in [0.1, 0.15) is 29.1 Å². The Hall–Kier alpha value is -2.87. The summed E-state index contributed by atoms with van der Waals surface area (Å²) < 4.78 is 17.9. The number of thioether (sulfide) groups is 1. The number of anilines is 1. The van der Waals surface area contributed by atoms with E-state index in [0.717, 1.165) is 64.3 Å². The largest absolute Gasteiger partial charge is 0.497 e. The number of fused-ring (bicyclic) bond motifs is 1. The fourth-order valence-electron chi connectivity index (χ4n) is 5.83. The minimum atomic E-state index is -0.391. The topological polar surface area (TPSA) is 51.2 Å². The third-order valence-corrected chi connectivity index (χ3v) is 9.72. The first-order valence-electron chi connectivity index (χ1n) is 15.0. The quantitative estimate of drug-likeness (QED) is 0.183. The Morgan fingerprint density at radius 2 is 1.67 bits per heavy atom. The lowest BCUT2D eigenvalue weighted by atomic mass is 9.94. The first-order chi connectivity index (χ1) is 20.5. The van der Waals surface area contributed by atoms with Crippen molar-refractivity contribution in [3.05, 3.63) is 77.3 Å². The molecule has 0 bridgehead atoms. The second kappa shape index (κ2) is 15.0. The van der Waals surface area contributed by atoms with Crippen LogP contribution in [0.15, 0.2) is 71.6 Å². The molecule has 224 valence electrons. The molecule has 0 radical (unpaired) electrons. The van der Waals surface area contributed by atoms with E-state index in [0.29, 0.717) is 19.3 Å². The average Bonchev–Trinajstić information content (AvgIpc) is 3.03. The number of nitrogens with zero attached hydrogens (tertiary/aromatic N) is 2. The highest BCUT2D eigenvalue weighted by Crippen LogP contribution is 2.48. The first-order valence-corrected chi connectivity index (χ1v) is 16.3. The minimum absolute atomic E-state index is 0.0424. The van der Waals surface area contributed by atoms with Gasteiger partial charge in [-0.1, -0.05) is 43.0 Å². The van der Waals surface area contributed by atoms with E-state index in [9.17, 15) is 4.79 Å². The molecule has 0 saturated heterocycles. The number of carbonyl (C=O) groups excluding carboxylic acids is 1. The van der Waals surface area contributed by atoms with Gasteiger partial charge in [0.2, 0.25) is 5.91 Å². The Balaban J connectivity index is 1.17. The summed E-state index contributed by atoms with van der Waals surface area (Å²) in [5.74, 6) is 2.36. The summed E-state index contributed by atoms with van der Waals surface area (Å²) in [6.07, 6.45) is 8.44. The number of likely N-dealkylation sites (N-methyl/N-ethyl adjacent to an activating group) is 1. The van der Waals surface area contributed by atoms with Gasteiger partial charge in [0, 0.05) is 35.1 Å². The predicted octanol–water partition coefficient (Wildman–Crippen LogP) is 8.03. The Bertz CT molecular complexity index is 1320. The van der Waals surface area contributed by atoms with E-state index < -0.39 is 5.25 Å². The Morgan fingerprint density at radius 3 is 2.45 bits per heavy atom. The standard InChI is InChI=1S/C34H41ClN2O4S/c1-36-30-12-6-7-13-32(30)42-33(34(36)38)29-24-28(39-2)18-19-31(29)41-22-9-8-20-37(26-10-4-3-5-11-26)21-23-40-27-16-14-25(35)15-17-27/h6-7,12-19,24,26,33H,3-5,8-11,20-23H2,1-2H3. The van der Waals surface area contributed by atoms with Crippen LogP contribution in [0.1, 0.15) is 55.8 Å². The van der Waals surface area contributed by atoms with Crippen molar-refractivity contribution in [2.75, 3.05) is 45.4 Å². The van der Waals surface area contributed by atoms with Crippen molar-refractivity contribution in [2.45, 2.75) is 61.1 Å². The number of hydrogen-bond acceptors (Lipinski definition) is 6. The summed E-state index contributed by atoms with van der Waals surface area (Å²) in [6.45, 7) is 3.18. The molecule has 5 rings (SSSR count). The number of unbranched alkanes of at least 4 members (excludes halogenated alkanes) is 1. The molecule has 6 nitrogen and oxygen atoms in total. The monoisotopic (exact) mass is 608 g/mol. The van der Waals surface area contributed by atoms with E-state index in [4.69, 9.17) is 25.8 Å². The number of methoxy groups -OCH3 is 1. The van der Waals surface area contributed by atoms with E-state index in [2.05, 4.69) is 11.0 Å². The summed E-state index contributed by atoms with van der Waals surface area (Å²) in [5, 5.41) is 0.328. The van der Waals surface area contributed by atoms with Gasteiger partial charge in [0.15, 0.2) is 0 Å². The maximum atomic E-state index is 13.4. The van der Waals surface area contributed by atoms with E-state index >= 15 is 0 Å². The number of amides is 1. The fraction of sp³-hybridized carbons (Fsp3) is 0.441. The van der Waals surface area contributed by atoms with Gasteiger partial charge in [-0.05, 0) is 86.8 Å². The maximum absolute atomic E-state index is 13.4. The van der Waals surface area contributed by atoms with Crippen LogP contribution in [0.25, 0.3) is 0 Å². The van der Waals surface area contributed by atoms with E-state index in [1.54, 1.807) is 23.8 Å². The summed E-state index contributed by atoms with van der Waals surface area (Å²) in [5.41, 5.74) is 1.80. The molecule has 1 aliphatic carbocycles. The normalized spacial score (nSPS) is 17.3. The number of para-hydroxylation sites is 1. The molecule has 1 heterocycles. The molecule has 8 heteroatoms. The highest BCUT2D eigenvalue weighted by Gasteiger charge is 2.34. The Labute approximate surface area is 259 Å². The first kappa shape index (κ1) is 30.6. The van der Waals surface area contributed by atoms with Crippen LogP contribution in [-0.2, 0) is 4.79 Å². The van der Waals surface area contributed by atoms with Gasteiger partial charge in [0.25, 0.3) is 0 Å². The third-order valence-electron chi connectivity index (χ3n) is 8.17. The summed E-state index contributed by atoms with van der Waals surface area (Å²) >= 11 is 7.59. The lowest BCUT2D eigenvalue weighted by molar-refractivity contribution is -0.118. The van der Waals surface area contributed by atoms with Crippen LogP contribution in [0.2, 0.25) is 5.02 Å². The van der Waals surface area contributed by atoms with Crippen molar-refractivity contribution in [3.63, 3.8) is 0 Å². The van der Waals surface area contributed by atoms with E-state index in [1.165, 1.54) is 32.1 Å². The molecule has 1 amide bonds. The molecular weight excluding hydrogens is 568 g/mol. The van der Waals surface area contributed by atoms with E-state index in [-0.39, 0.29) is 5.91 Å². The molecule has 0 N–H and O–H groups in total. The van der Waals surface area contributed by atoms with Crippen molar-refractivity contribution >= 4 is 35.0 Å². The van der Waals surface area contributed by atoms with Crippen LogP contribution in [-0.4, -0.2) is 57.3 Å². The van der Waals surface area contributed by atoms with Crippen molar-refractivity contribution in [3.8, 4) is 17.2 Å². The number of benzene rings is 3. The van der Waals surface area contributed by atoms with Crippen molar-refractivity contribution in [1.82, 2.24) is 4.90 Å². The second-order valence-electron chi connectivity index (χ2n) is 11.0. The van der Waals surface area contributed by atoms with Crippen molar-refractivity contribution < 1.29 is 19.0 Å². The van der Waals surface area contributed by atoms with Gasteiger partial charge < -0.3 is 19.1 Å². The second-order valence-corrected chi connectivity index (χ2v) is 12.5. The van der Waals surface area contributed by atoms with Gasteiger partial charge in [-0.25, -0.2) is 0 Å². The predicted molar refractivity (Wildman–Crippen MR) is 172 cm³/mol. The molecule has 0 spiro atoms. The molecule has 1 aliphatic heterocycles. The average molecular weight is 609 g/mol. The van der Waals surface area contributed by atoms with E-state index in [1.807, 2.05) is 67.7 Å². The van der Waals surface area contributed by atoms with Gasteiger partial charge in [-0.2, -0.15) is 0 Å². The number of hydrogen-bond donors (Lipinski definition) is 0. The van der Waals surface area contributed by atoms with Gasteiger partial charge in [-0.15, -0.1) is 11.8 Å². The molecule has 1 unspecified atom stereocenters. The summed E-state index contributed by atoms with van der Waals surface area (Å²) in [4.78, 5) is 18.9. The fourth-order valence-corrected chi connectivity index (χ4v) is 7.26. The third kappa shape index (κ3) is 7.74. The van der Waals surface area contributed by atoms with Gasteiger partial charge in [0.05, 0.1) is 19.4 Å². The van der Waals surface area contributed by atoms with Crippen LogP contribution in [0, 0.1) is 0 Å². The number of ether oxygens (including phenoxy) is 3. The summed E-state index contributed by atoms with van der Waals surface area (Å²) in [6, 6.07) is 22.0. The molecule has 3 aromatic carbocycles. The molecule has 1 atom stereocenters. The van der Waals surface area contributed by atoms with Crippen LogP contribution in [0.3, 0.4) is 0 Å². The zero-order chi connectivity index (χ0) is 29.3. The number of rotatable bonds is 13. The van der Waals surface area contributed by atoms with Crippen LogP contribution >= 0.6 is 23.4 Å². The lowest BCUT2D eigenvalue weighted by Gasteiger charge is -2.34.